The molecule has 0 atom stereocenters. The zero-order valence-corrected chi connectivity index (χ0v) is 20.8. The third-order valence-corrected chi connectivity index (χ3v) is 6.06. The van der Waals surface area contributed by atoms with E-state index in [4.69, 9.17) is 10.1 Å². The van der Waals surface area contributed by atoms with Crippen LogP contribution in [0.2, 0.25) is 0 Å². The van der Waals surface area contributed by atoms with Gasteiger partial charge in [-0.05, 0) is 45.8 Å². The van der Waals surface area contributed by atoms with E-state index in [1.165, 1.54) is 0 Å². The predicted octanol–water partition coefficient (Wildman–Crippen LogP) is 2.97. The molecule has 1 amide bonds. The molecular formula is C23H28BrN5O3. The van der Waals surface area contributed by atoms with E-state index in [2.05, 4.69) is 21.2 Å². The normalized spacial score (nSPS) is 12.5. The van der Waals surface area contributed by atoms with Gasteiger partial charge in [-0.1, -0.05) is 0 Å². The Morgan fingerprint density at radius 3 is 2.34 bits per heavy atom. The third-order valence-electron chi connectivity index (χ3n) is 5.47. The molecule has 1 aliphatic rings. The second-order valence-corrected chi connectivity index (χ2v) is 8.89. The largest absolute Gasteiger partial charge is 0.493 e. The maximum atomic E-state index is 13.1. The topological polar surface area (TPSA) is 89.0 Å². The van der Waals surface area contributed by atoms with Crippen LogP contribution in [-0.4, -0.2) is 71.3 Å². The third kappa shape index (κ3) is 4.29. The van der Waals surface area contributed by atoms with Gasteiger partial charge < -0.3 is 24.8 Å². The Labute approximate surface area is 196 Å². The smallest absolute Gasteiger partial charge is 0.253 e. The van der Waals surface area contributed by atoms with Crippen molar-refractivity contribution < 1.29 is 14.3 Å². The van der Waals surface area contributed by atoms with Crippen LogP contribution in [0.5, 0.6) is 5.75 Å². The van der Waals surface area contributed by atoms with Gasteiger partial charge in [-0.2, -0.15) is 0 Å². The highest BCUT2D eigenvalue weighted by Crippen LogP contribution is 2.37. The van der Waals surface area contributed by atoms with E-state index in [1.807, 2.05) is 44.1 Å². The first-order valence-electron chi connectivity index (χ1n) is 10.1. The second kappa shape index (κ2) is 9.20. The molecule has 2 aromatic carbocycles. The highest BCUT2D eigenvalue weighted by Gasteiger charge is 2.29. The lowest BCUT2D eigenvalue weighted by Gasteiger charge is -2.20. The van der Waals surface area contributed by atoms with Gasteiger partial charge in [0.2, 0.25) is 0 Å². The van der Waals surface area contributed by atoms with E-state index in [1.54, 1.807) is 37.3 Å². The quantitative estimate of drug-likeness (QED) is 0.567. The van der Waals surface area contributed by atoms with E-state index in [-0.39, 0.29) is 24.1 Å². The fraction of sp³-hybridized carbons (Fsp3) is 0.348. The lowest BCUT2D eigenvalue weighted by molar-refractivity contribution is 0.0955. The molecule has 0 bridgehead atoms. The van der Waals surface area contributed by atoms with Crippen LogP contribution in [0.3, 0.4) is 0 Å². The molecule has 2 N–H and O–H groups in total. The molecule has 0 spiro atoms. The van der Waals surface area contributed by atoms with Crippen LogP contribution in [0.25, 0.3) is 0 Å². The summed E-state index contributed by atoms with van der Waals surface area (Å²) in [6, 6.07) is 7.21. The predicted molar refractivity (Wildman–Crippen MR) is 131 cm³/mol. The molecule has 8 nitrogen and oxygen atoms in total. The minimum atomic E-state index is -0.210. The standard InChI is InChI=1S/C23H28BrN5O3/c1-26-23(31)16-10-15-14(9-18(16)27(2)3)11-29(22(15)25)12-20(30)13-7-17(24)21(32-6)19(8-13)28(4)5/h7-10,25H,11-12H2,1-6H3,(H,26,31). The van der Waals surface area contributed by atoms with Crippen molar-refractivity contribution in [1.82, 2.24) is 10.2 Å². The fourth-order valence-electron chi connectivity index (χ4n) is 3.80. The summed E-state index contributed by atoms with van der Waals surface area (Å²) in [5, 5.41) is 11.3. The average Bonchev–Trinajstić information content (AvgIpc) is 3.05. The number of carbonyl (C=O) groups excluding carboxylic acids is 2. The number of fused-ring (bicyclic) bond motifs is 1. The molecule has 0 fully saturated rings. The molecule has 2 aromatic rings. The van der Waals surface area contributed by atoms with Crippen molar-refractivity contribution in [1.29, 1.82) is 5.41 Å². The molecule has 9 heteroatoms. The molecule has 0 aliphatic carbocycles. The summed E-state index contributed by atoms with van der Waals surface area (Å²) in [6.07, 6.45) is 0. The number of methoxy groups -OCH3 is 1. The van der Waals surface area contributed by atoms with Crippen LogP contribution >= 0.6 is 15.9 Å². The summed E-state index contributed by atoms with van der Waals surface area (Å²) in [5.74, 6) is 0.585. The number of nitrogens with one attached hydrogen (secondary N) is 2. The summed E-state index contributed by atoms with van der Waals surface area (Å²) >= 11 is 3.49. The second-order valence-electron chi connectivity index (χ2n) is 8.03. The number of ether oxygens (including phenoxy) is 1. The molecule has 0 saturated heterocycles. The molecule has 0 aromatic heterocycles. The summed E-state index contributed by atoms with van der Waals surface area (Å²) in [5.41, 5.74) is 4.19. The van der Waals surface area contributed by atoms with Gasteiger partial charge in [-0.15, -0.1) is 0 Å². The zero-order valence-electron chi connectivity index (χ0n) is 19.2. The summed E-state index contributed by atoms with van der Waals surface area (Å²) in [4.78, 5) is 31.0. The Bertz CT molecular complexity index is 1100. The van der Waals surface area contributed by atoms with Gasteiger partial charge in [0.1, 0.15) is 5.84 Å². The Morgan fingerprint density at radius 2 is 1.78 bits per heavy atom. The maximum Gasteiger partial charge on any atom is 0.253 e. The van der Waals surface area contributed by atoms with Gasteiger partial charge in [-0.3, -0.25) is 15.0 Å². The van der Waals surface area contributed by atoms with E-state index in [9.17, 15) is 9.59 Å². The first kappa shape index (κ1) is 23.6. The number of hydrogen-bond donors (Lipinski definition) is 2. The number of carbonyl (C=O) groups is 2. The van der Waals surface area contributed by atoms with Crippen LogP contribution in [-0.2, 0) is 6.54 Å². The Hall–Kier alpha value is -3.07. The number of ketones is 1. The summed E-state index contributed by atoms with van der Waals surface area (Å²) in [6.45, 7) is 0.498. The molecule has 1 heterocycles. The average molecular weight is 502 g/mol. The fourth-order valence-corrected chi connectivity index (χ4v) is 4.41. The van der Waals surface area contributed by atoms with Crippen molar-refractivity contribution in [3.05, 3.63) is 51.0 Å². The number of amidine groups is 1. The van der Waals surface area contributed by atoms with Gasteiger partial charge in [0.15, 0.2) is 11.5 Å². The van der Waals surface area contributed by atoms with Crippen LogP contribution < -0.4 is 19.9 Å². The monoisotopic (exact) mass is 501 g/mol. The molecular weight excluding hydrogens is 474 g/mol. The van der Waals surface area contributed by atoms with Gasteiger partial charge in [0.25, 0.3) is 5.91 Å². The van der Waals surface area contributed by atoms with E-state index in [0.29, 0.717) is 33.5 Å². The van der Waals surface area contributed by atoms with Gasteiger partial charge >= 0.3 is 0 Å². The van der Waals surface area contributed by atoms with Crippen LogP contribution in [0.15, 0.2) is 28.7 Å². The molecule has 3 rings (SSSR count). The molecule has 1 aliphatic heterocycles. The number of Topliss-reactive ketones (excluding diaryl/α,β-unsaturated/α-hetero) is 1. The molecule has 0 unspecified atom stereocenters. The minimum Gasteiger partial charge on any atom is -0.493 e. The van der Waals surface area contributed by atoms with E-state index in [0.717, 1.165) is 16.9 Å². The van der Waals surface area contributed by atoms with Crippen LogP contribution in [0.1, 0.15) is 31.8 Å². The van der Waals surface area contributed by atoms with E-state index < -0.39 is 0 Å². The minimum absolute atomic E-state index is 0.0613. The summed E-state index contributed by atoms with van der Waals surface area (Å²) < 4.78 is 6.15. The highest BCUT2D eigenvalue weighted by atomic mass is 79.9. The molecule has 0 radical (unpaired) electrons. The van der Waals surface area contributed by atoms with Crippen molar-refractivity contribution in [3.8, 4) is 5.75 Å². The number of amides is 1. The number of halogens is 1. The number of benzene rings is 2. The molecule has 0 saturated carbocycles. The van der Waals surface area contributed by atoms with Crippen molar-refractivity contribution in [2.24, 2.45) is 0 Å². The first-order chi connectivity index (χ1) is 15.1. The van der Waals surface area contributed by atoms with Gasteiger partial charge in [0, 0.05) is 58.6 Å². The van der Waals surface area contributed by atoms with Crippen molar-refractivity contribution >= 4 is 44.8 Å². The number of nitrogens with zero attached hydrogens (tertiary/aromatic N) is 3. The van der Waals surface area contributed by atoms with Gasteiger partial charge in [0.05, 0.1) is 29.4 Å². The molecule has 32 heavy (non-hydrogen) atoms. The van der Waals surface area contributed by atoms with Crippen molar-refractivity contribution in [3.63, 3.8) is 0 Å². The number of rotatable bonds is 7. The lowest BCUT2D eigenvalue weighted by Crippen LogP contribution is -2.30. The number of hydrogen-bond acceptors (Lipinski definition) is 6. The Morgan fingerprint density at radius 1 is 1.12 bits per heavy atom. The van der Waals surface area contributed by atoms with Crippen molar-refractivity contribution in [2.75, 3.05) is 58.7 Å². The van der Waals surface area contributed by atoms with Crippen LogP contribution in [0.4, 0.5) is 11.4 Å². The Balaban J connectivity index is 1.90. The lowest BCUT2D eigenvalue weighted by atomic mass is 10.0. The summed E-state index contributed by atoms with van der Waals surface area (Å²) in [7, 11) is 10.7. The SMILES string of the molecule is CNC(=O)c1cc2c(cc1N(C)C)CN(CC(=O)c1cc(Br)c(OC)c(N(C)C)c1)C2=N. The van der Waals surface area contributed by atoms with E-state index >= 15 is 0 Å². The Kier molecular flexibility index (Phi) is 6.78. The molecule has 170 valence electrons. The van der Waals surface area contributed by atoms with Gasteiger partial charge in [-0.25, -0.2) is 0 Å². The number of anilines is 2. The highest BCUT2D eigenvalue weighted by molar-refractivity contribution is 9.10. The van der Waals surface area contributed by atoms with Crippen LogP contribution in [0, 0.1) is 5.41 Å². The maximum absolute atomic E-state index is 13.1. The van der Waals surface area contributed by atoms with Crippen molar-refractivity contribution in [2.45, 2.75) is 6.54 Å². The zero-order chi connectivity index (χ0) is 23.7. The first-order valence-corrected chi connectivity index (χ1v) is 10.9.